The molecule has 7 heteroatoms. The lowest BCUT2D eigenvalue weighted by molar-refractivity contribution is -0.150. The van der Waals surface area contributed by atoms with E-state index in [9.17, 15) is 19.5 Å². The maximum Gasteiger partial charge on any atom is 0.306 e. The Morgan fingerprint density at radius 2 is 1.72 bits per heavy atom. The number of ether oxygens (including phenoxy) is 1. The van der Waals surface area contributed by atoms with Crippen LogP contribution < -0.4 is 5.32 Å². The third kappa shape index (κ3) is 8.96. The Labute approximate surface area is 213 Å². The summed E-state index contributed by atoms with van der Waals surface area (Å²) in [5, 5.41) is 12.4. The largest absolute Gasteiger partial charge is 0.456 e. The predicted molar refractivity (Wildman–Crippen MR) is 138 cm³/mol. The highest BCUT2D eigenvalue weighted by molar-refractivity contribution is 5.86. The molecular formula is C29H36N2O5. The zero-order valence-electron chi connectivity index (χ0n) is 20.7. The number of hydrogen-bond donors (Lipinski definition) is 2. The Bertz CT molecular complexity index is 993. The summed E-state index contributed by atoms with van der Waals surface area (Å²) in [7, 11) is 0. The first kappa shape index (κ1) is 27.1. The monoisotopic (exact) mass is 492 g/mol. The number of carbonyl (C=O) groups is 3. The SMILES string of the molecule is O=C1CCCCC=CC[C@H](CC(=O)N(CCO)Cc2ccccc2)C(=O)NC[C@H](c2ccccc2)O1. The van der Waals surface area contributed by atoms with Gasteiger partial charge in [-0.25, -0.2) is 0 Å². The molecule has 192 valence electrons. The van der Waals surface area contributed by atoms with E-state index in [-0.39, 0.29) is 43.9 Å². The summed E-state index contributed by atoms with van der Waals surface area (Å²) >= 11 is 0. The van der Waals surface area contributed by atoms with E-state index < -0.39 is 12.0 Å². The summed E-state index contributed by atoms with van der Waals surface area (Å²) in [6, 6.07) is 18.9. The van der Waals surface area contributed by atoms with Crippen molar-refractivity contribution in [2.75, 3.05) is 19.7 Å². The first-order chi connectivity index (χ1) is 17.6. The van der Waals surface area contributed by atoms with Crippen LogP contribution in [0.25, 0.3) is 0 Å². The van der Waals surface area contributed by atoms with Gasteiger partial charge >= 0.3 is 5.97 Å². The molecule has 0 saturated carbocycles. The van der Waals surface area contributed by atoms with Crippen molar-refractivity contribution in [3.05, 3.63) is 83.9 Å². The van der Waals surface area contributed by atoms with Crippen LogP contribution in [0.2, 0.25) is 0 Å². The van der Waals surface area contributed by atoms with Crippen molar-refractivity contribution in [3.63, 3.8) is 0 Å². The number of nitrogens with zero attached hydrogens (tertiary/aromatic N) is 1. The van der Waals surface area contributed by atoms with E-state index in [4.69, 9.17) is 4.74 Å². The molecule has 3 rings (SSSR count). The van der Waals surface area contributed by atoms with Gasteiger partial charge in [0.15, 0.2) is 0 Å². The summed E-state index contributed by atoms with van der Waals surface area (Å²) < 4.78 is 5.71. The molecule has 1 heterocycles. The minimum atomic E-state index is -0.596. The third-order valence-corrected chi connectivity index (χ3v) is 6.23. The van der Waals surface area contributed by atoms with Crippen molar-refractivity contribution in [1.29, 1.82) is 0 Å². The van der Waals surface area contributed by atoms with Crippen LogP contribution in [0.5, 0.6) is 0 Å². The van der Waals surface area contributed by atoms with Crippen LogP contribution in [0.4, 0.5) is 0 Å². The highest BCUT2D eigenvalue weighted by Gasteiger charge is 2.26. The Morgan fingerprint density at radius 3 is 2.44 bits per heavy atom. The van der Waals surface area contributed by atoms with E-state index in [0.29, 0.717) is 19.4 Å². The fraction of sp³-hybridized carbons (Fsp3) is 0.414. The van der Waals surface area contributed by atoms with Crippen LogP contribution in [-0.4, -0.2) is 47.5 Å². The van der Waals surface area contributed by atoms with E-state index in [1.165, 1.54) is 0 Å². The Kier molecular flexibility index (Phi) is 11.2. The number of esters is 1. The lowest BCUT2D eigenvalue weighted by atomic mass is 9.98. The molecule has 1 aliphatic rings. The second kappa shape index (κ2) is 14.8. The molecule has 2 aromatic rings. The number of hydrogen-bond acceptors (Lipinski definition) is 5. The highest BCUT2D eigenvalue weighted by Crippen LogP contribution is 2.20. The molecule has 0 bridgehead atoms. The third-order valence-electron chi connectivity index (χ3n) is 6.23. The van der Waals surface area contributed by atoms with E-state index in [1.807, 2.05) is 72.8 Å². The molecule has 0 radical (unpaired) electrons. The van der Waals surface area contributed by atoms with E-state index in [0.717, 1.165) is 30.4 Å². The average molecular weight is 493 g/mol. The predicted octanol–water partition coefficient (Wildman–Crippen LogP) is 3.93. The fourth-order valence-corrected chi connectivity index (χ4v) is 4.20. The molecule has 2 aromatic carbocycles. The molecule has 2 amide bonds. The summed E-state index contributed by atoms with van der Waals surface area (Å²) in [5.41, 5.74) is 1.77. The zero-order chi connectivity index (χ0) is 25.6. The molecule has 7 nitrogen and oxygen atoms in total. The van der Waals surface area contributed by atoms with Crippen molar-refractivity contribution in [2.24, 2.45) is 5.92 Å². The molecule has 0 aliphatic carbocycles. The van der Waals surface area contributed by atoms with Gasteiger partial charge in [-0.3, -0.25) is 14.4 Å². The normalized spacial score (nSPS) is 19.6. The average Bonchev–Trinajstić information content (AvgIpc) is 2.90. The van der Waals surface area contributed by atoms with Gasteiger partial charge in [-0.05, 0) is 36.8 Å². The van der Waals surface area contributed by atoms with Gasteiger partial charge in [0, 0.05) is 25.9 Å². The van der Waals surface area contributed by atoms with Gasteiger partial charge in [-0.15, -0.1) is 0 Å². The molecule has 2 atom stereocenters. The van der Waals surface area contributed by atoms with E-state index in [2.05, 4.69) is 5.32 Å². The molecule has 0 saturated heterocycles. The molecular weight excluding hydrogens is 456 g/mol. The Hall–Kier alpha value is -3.45. The molecule has 1 aliphatic heterocycles. The van der Waals surface area contributed by atoms with Crippen molar-refractivity contribution >= 4 is 17.8 Å². The van der Waals surface area contributed by atoms with Gasteiger partial charge in [0.2, 0.25) is 11.8 Å². The van der Waals surface area contributed by atoms with Crippen LogP contribution in [-0.2, 0) is 25.7 Å². The summed E-state index contributed by atoms with van der Waals surface area (Å²) in [4.78, 5) is 40.4. The molecule has 2 N–H and O–H groups in total. The smallest absolute Gasteiger partial charge is 0.306 e. The maximum absolute atomic E-state index is 13.2. The van der Waals surface area contributed by atoms with Gasteiger partial charge in [0.25, 0.3) is 0 Å². The molecule has 36 heavy (non-hydrogen) atoms. The Balaban J connectivity index is 1.73. The van der Waals surface area contributed by atoms with Crippen molar-refractivity contribution in [2.45, 2.75) is 51.2 Å². The van der Waals surface area contributed by atoms with Crippen LogP contribution >= 0.6 is 0 Å². The number of aliphatic hydroxyl groups excluding tert-OH is 1. The molecule has 0 fully saturated rings. The van der Waals surface area contributed by atoms with Gasteiger partial charge in [0.05, 0.1) is 19.1 Å². The molecule has 0 spiro atoms. The minimum absolute atomic E-state index is 0.0266. The number of allylic oxidation sites excluding steroid dienone is 2. The number of benzene rings is 2. The Morgan fingerprint density at radius 1 is 1.00 bits per heavy atom. The summed E-state index contributed by atoms with van der Waals surface area (Å²) in [6.45, 7) is 0.549. The van der Waals surface area contributed by atoms with Crippen LogP contribution in [0.3, 0.4) is 0 Å². The lowest BCUT2D eigenvalue weighted by Gasteiger charge is -2.25. The topological polar surface area (TPSA) is 95.9 Å². The second-order valence-electron chi connectivity index (χ2n) is 9.01. The fourth-order valence-electron chi connectivity index (χ4n) is 4.20. The quantitative estimate of drug-likeness (QED) is 0.451. The maximum atomic E-state index is 13.2. The summed E-state index contributed by atoms with van der Waals surface area (Å²) in [6.07, 6.45) is 6.53. The van der Waals surface area contributed by atoms with Gasteiger partial charge in [-0.1, -0.05) is 72.8 Å². The first-order valence-corrected chi connectivity index (χ1v) is 12.7. The lowest BCUT2D eigenvalue weighted by Crippen LogP contribution is -2.39. The number of nitrogens with one attached hydrogen (secondary N) is 1. The zero-order valence-corrected chi connectivity index (χ0v) is 20.7. The van der Waals surface area contributed by atoms with Crippen LogP contribution in [0.1, 0.15) is 55.8 Å². The van der Waals surface area contributed by atoms with E-state index >= 15 is 0 Å². The first-order valence-electron chi connectivity index (χ1n) is 12.7. The van der Waals surface area contributed by atoms with Crippen LogP contribution in [0, 0.1) is 5.92 Å². The number of aliphatic hydroxyl groups is 1. The number of cyclic esters (lactones) is 1. The van der Waals surface area contributed by atoms with Crippen molar-refractivity contribution < 1.29 is 24.2 Å². The van der Waals surface area contributed by atoms with Gasteiger partial charge in [-0.2, -0.15) is 0 Å². The molecule has 0 aromatic heterocycles. The molecule has 0 unspecified atom stereocenters. The summed E-state index contributed by atoms with van der Waals surface area (Å²) in [5.74, 6) is -1.30. The van der Waals surface area contributed by atoms with Crippen LogP contribution in [0.15, 0.2) is 72.8 Å². The second-order valence-corrected chi connectivity index (χ2v) is 9.01. The standard InChI is InChI=1S/C29H36N2O5/c32-19-18-31(22-23-12-6-4-7-13-23)27(33)20-25-16-8-2-1-3-11-17-28(34)36-26(21-30-29(25)35)24-14-9-5-10-15-24/h2,4-10,12-15,25-26,32H,1,3,11,16-22H2,(H,30,35)/t25-,26-/m1/s1. The van der Waals surface area contributed by atoms with Gasteiger partial charge in [0.1, 0.15) is 6.10 Å². The number of carbonyl (C=O) groups excluding carboxylic acids is 3. The van der Waals surface area contributed by atoms with Gasteiger partial charge < -0.3 is 20.1 Å². The highest BCUT2D eigenvalue weighted by atomic mass is 16.5. The van der Waals surface area contributed by atoms with E-state index in [1.54, 1.807) is 4.90 Å². The number of rotatable bonds is 7. The minimum Gasteiger partial charge on any atom is -0.456 e. The van der Waals surface area contributed by atoms with Crippen molar-refractivity contribution in [1.82, 2.24) is 10.2 Å². The van der Waals surface area contributed by atoms with Crippen molar-refractivity contribution in [3.8, 4) is 0 Å². The number of amides is 2.